The maximum absolute atomic E-state index is 12.5. The van der Waals surface area contributed by atoms with Crippen molar-refractivity contribution in [3.63, 3.8) is 0 Å². The van der Waals surface area contributed by atoms with Gasteiger partial charge in [-0.3, -0.25) is 4.79 Å². The molecule has 7 heteroatoms. The van der Waals surface area contributed by atoms with Gasteiger partial charge in [-0.15, -0.1) is 0 Å². The minimum Gasteiger partial charge on any atom is -0.480 e. The summed E-state index contributed by atoms with van der Waals surface area (Å²) >= 11 is 0. The summed E-state index contributed by atoms with van der Waals surface area (Å²) in [6.07, 6.45) is 2.39. The van der Waals surface area contributed by atoms with E-state index in [1.54, 1.807) is 0 Å². The number of hydrogen-bond acceptors (Lipinski definition) is 4. The monoisotopic (exact) mass is 309 g/mol. The lowest BCUT2D eigenvalue weighted by Gasteiger charge is -2.24. The normalized spacial score (nSPS) is 27.3. The fourth-order valence-electron chi connectivity index (χ4n) is 2.98. The van der Waals surface area contributed by atoms with Gasteiger partial charge in [-0.1, -0.05) is 6.07 Å². The van der Waals surface area contributed by atoms with Crippen LogP contribution in [0, 0.1) is 5.92 Å². The first-order valence-corrected chi connectivity index (χ1v) is 8.54. The van der Waals surface area contributed by atoms with Crippen molar-refractivity contribution in [2.24, 2.45) is 5.92 Å². The fraction of sp³-hybridized carbons (Fsp3) is 0.429. The third-order valence-electron chi connectivity index (χ3n) is 4.13. The molecule has 0 radical (unpaired) electrons. The Morgan fingerprint density at radius 3 is 2.62 bits per heavy atom. The van der Waals surface area contributed by atoms with Gasteiger partial charge in [-0.05, 0) is 37.0 Å². The number of sulfone groups is 1. The molecule has 0 aromatic heterocycles. The molecule has 6 nitrogen and oxygen atoms in total. The van der Waals surface area contributed by atoms with Gasteiger partial charge >= 0.3 is 5.97 Å². The summed E-state index contributed by atoms with van der Waals surface area (Å²) < 4.78 is 23.1. The average Bonchev–Trinajstić information content (AvgIpc) is 3.08. The summed E-state index contributed by atoms with van der Waals surface area (Å²) in [5, 5.41) is 9.21. The number of hydrogen-bond donors (Lipinski definition) is 1. The summed E-state index contributed by atoms with van der Waals surface area (Å²) in [6, 6.07) is 4.94. The molecule has 0 spiro atoms. The Morgan fingerprint density at radius 2 is 2.00 bits per heavy atom. The number of carboxylic acid groups (broad SMARTS) is 1. The molecule has 21 heavy (non-hydrogen) atoms. The highest BCUT2D eigenvalue weighted by Gasteiger charge is 2.56. The van der Waals surface area contributed by atoms with E-state index in [2.05, 4.69) is 0 Å². The van der Waals surface area contributed by atoms with Gasteiger partial charge in [-0.25, -0.2) is 13.2 Å². The second-order valence-corrected chi connectivity index (χ2v) is 7.68. The second kappa shape index (κ2) is 4.56. The topological polar surface area (TPSA) is 91.8 Å². The maximum Gasteiger partial charge on any atom is 0.326 e. The zero-order valence-electron chi connectivity index (χ0n) is 11.4. The molecule has 0 bridgehead atoms. The van der Waals surface area contributed by atoms with Gasteiger partial charge in [0.2, 0.25) is 0 Å². The van der Waals surface area contributed by atoms with Crippen molar-refractivity contribution in [1.29, 1.82) is 0 Å². The number of carboxylic acids is 1. The van der Waals surface area contributed by atoms with Crippen molar-refractivity contribution >= 4 is 21.7 Å². The minimum atomic E-state index is -3.40. The molecule has 112 valence electrons. The lowest BCUT2D eigenvalue weighted by atomic mass is 10.1. The molecule has 3 atom stereocenters. The maximum atomic E-state index is 12.5. The summed E-state index contributed by atoms with van der Waals surface area (Å²) in [5.74, 6) is -1.14. The highest BCUT2D eigenvalue weighted by molar-refractivity contribution is 7.90. The van der Waals surface area contributed by atoms with E-state index >= 15 is 0 Å². The molecular weight excluding hydrogens is 294 g/mol. The molecule has 1 N–H and O–H groups in total. The first kappa shape index (κ1) is 14.1. The van der Waals surface area contributed by atoms with Crippen LogP contribution in [0.15, 0.2) is 29.2 Å². The number of piperidine rings is 1. The van der Waals surface area contributed by atoms with Crippen LogP contribution >= 0.6 is 0 Å². The molecule has 1 saturated heterocycles. The first-order chi connectivity index (χ1) is 9.79. The number of amides is 1. The molecule has 1 aromatic carbocycles. The van der Waals surface area contributed by atoms with Crippen LogP contribution in [-0.4, -0.2) is 48.6 Å². The van der Waals surface area contributed by atoms with E-state index < -0.39 is 27.8 Å². The predicted molar refractivity (Wildman–Crippen MR) is 73.7 cm³/mol. The van der Waals surface area contributed by atoms with E-state index in [0.29, 0.717) is 6.42 Å². The highest BCUT2D eigenvalue weighted by Crippen LogP contribution is 2.48. The zero-order valence-corrected chi connectivity index (χ0v) is 12.2. The number of carbonyl (C=O) groups excluding carboxylic acids is 1. The van der Waals surface area contributed by atoms with E-state index in [-0.39, 0.29) is 22.4 Å². The van der Waals surface area contributed by atoms with Gasteiger partial charge in [-0.2, -0.15) is 0 Å². The molecule has 3 rings (SSSR count). The van der Waals surface area contributed by atoms with Crippen molar-refractivity contribution in [3.05, 3.63) is 29.8 Å². The summed E-state index contributed by atoms with van der Waals surface area (Å²) in [5.41, 5.74) is 0.219. The van der Waals surface area contributed by atoms with Crippen LogP contribution in [0.3, 0.4) is 0 Å². The van der Waals surface area contributed by atoms with Crippen LogP contribution in [0.2, 0.25) is 0 Å². The SMILES string of the molecule is CS(=O)(=O)c1cccc(C(=O)N2[C@@H](C(=O)O)CC3C[C@H]32)c1. The number of benzene rings is 1. The largest absolute Gasteiger partial charge is 0.480 e. The van der Waals surface area contributed by atoms with Crippen molar-refractivity contribution in [2.75, 3.05) is 6.26 Å². The van der Waals surface area contributed by atoms with Crippen LogP contribution in [0.25, 0.3) is 0 Å². The van der Waals surface area contributed by atoms with Crippen LogP contribution < -0.4 is 0 Å². The van der Waals surface area contributed by atoms with Gasteiger partial charge in [0, 0.05) is 17.9 Å². The molecule has 1 unspecified atom stereocenters. The Morgan fingerprint density at radius 1 is 1.29 bits per heavy atom. The second-order valence-electron chi connectivity index (χ2n) is 5.67. The summed E-state index contributed by atoms with van der Waals surface area (Å²) in [6.45, 7) is 0. The van der Waals surface area contributed by atoms with Gasteiger partial charge in [0.15, 0.2) is 9.84 Å². The molecule has 1 heterocycles. The number of carbonyl (C=O) groups is 2. The van der Waals surface area contributed by atoms with Gasteiger partial charge in [0.1, 0.15) is 6.04 Å². The molecule has 1 aromatic rings. The molecular formula is C14H15NO5S. The molecule has 2 fully saturated rings. The Kier molecular flexibility index (Phi) is 3.05. The first-order valence-electron chi connectivity index (χ1n) is 6.64. The summed E-state index contributed by atoms with van der Waals surface area (Å²) in [4.78, 5) is 25.3. The molecule has 1 aliphatic heterocycles. The van der Waals surface area contributed by atoms with Crippen LogP contribution in [0.5, 0.6) is 0 Å². The minimum absolute atomic E-state index is 0.0134. The lowest BCUT2D eigenvalue weighted by molar-refractivity contribution is -0.141. The van der Waals surface area contributed by atoms with Crippen molar-refractivity contribution in [1.82, 2.24) is 4.90 Å². The number of rotatable bonds is 3. The van der Waals surface area contributed by atoms with Crippen LogP contribution in [0.4, 0.5) is 0 Å². The van der Waals surface area contributed by atoms with Gasteiger partial charge < -0.3 is 10.0 Å². The van der Waals surface area contributed by atoms with E-state index in [1.165, 1.54) is 29.2 Å². The predicted octanol–water partition coefficient (Wildman–Crippen LogP) is 0.778. The highest BCUT2D eigenvalue weighted by atomic mass is 32.2. The van der Waals surface area contributed by atoms with E-state index in [4.69, 9.17) is 0 Å². The number of aliphatic carboxylic acids is 1. The third kappa shape index (κ3) is 2.42. The molecule has 1 saturated carbocycles. The van der Waals surface area contributed by atoms with Gasteiger partial charge in [0.05, 0.1) is 4.90 Å². The Bertz CT molecular complexity index is 727. The standard InChI is InChI=1S/C14H15NO5S/c1-21(19,20)10-4-2-3-8(5-10)13(16)15-11-6-9(11)7-12(15)14(17)18/h2-5,9,11-12H,6-7H2,1H3,(H,17,18)/t9?,11-,12-/m1/s1. The quantitative estimate of drug-likeness (QED) is 0.890. The molecule has 1 amide bonds. The number of fused-ring (bicyclic) bond motifs is 1. The Hall–Kier alpha value is -1.89. The van der Waals surface area contributed by atoms with Crippen molar-refractivity contribution in [2.45, 2.75) is 29.8 Å². The Balaban J connectivity index is 1.93. The van der Waals surface area contributed by atoms with Crippen molar-refractivity contribution in [3.8, 4) is 0 Å². The Labute approximate surface area is 122 Å². The van der Waals surface area contributed by atoms with Crippen LogP contribution in [0.1, 0.15) is 23.2 Å². The fourth-order valence-corrected chi connectivity index (χ4v) is 3.64. The lowest BCUT2D eigenvalue weighted by Crippen LogP contribution is -2.43. The van der Waals surface area contributed by atoms with E-state index in [1.807, 2.05) is 0 Å². The van der Waals surface area contributed by atoms with Crippen molar-refractivity contribution < 1.29 is 23.1 Å². The van der Waals surface area contributed by atoms with Gasteiger partial charge in [0.25, 0.3) is 5.91 Å². The van der Waals surface area contributed by atoms with E-state index in [0.717, 1.165) is 12.7 Å². The number of nitrogens with zero attached hydrogens (tertiary/aromatic N) is 1. The van der Waals surface area contributed by atoms with Crippen LogP contribution in [-0.2, 0) is 14.6 Å². The average molecular weight is 309 g/mol. The molecule has 2 aliphatic rings. The summed E-state index contributed by atoms with van der Waals surface area (Å²) in [7, 11) is -3.40. The zero-order chi connectivity index (χ0) is 15.4. The number of likely N-dealkylation sites (tertiary alicyclic amines) is 1. The van der Waals surface area contributed by atoms with E-state index in [9.17, 15) is 23.1 Å². The molecule has 1 aliphatic carbocycles. The third-order valence-corrected chi connectivity index (χ3v) is 5.24. The smallest absolute Gasteiger partial charge is 0.326 e.